The molecule has 98 valence electrons. The molecule has 0 fully saturated rings. The van der Waals surface area contributed by atoms with E-state index in [0.29, 0.717) is 6.42 Å². The second kappa shape index (κ2) is 8.34. The third-order valence-electron chi connectivity index (χ3n) is 2.89. The van der Waals surface area contributed by atoms with E-state index in [4.69, 9.17) is 10.8 Å². The van der Waals surface area contributed by atoms with Crippen molar-refractivity contribution >= 4 is 18.1 Å². The zero-order chi connectivity index (χ0) is 12.0. The molecule has 3 nitrogen and oxygen atoms in total. The Balaban J connectivity index is 0.00000256. The lowest BCUT2D eigenvalue weighted by Crippen LogP contribution is -2.21. The van der Waals surface area contributed by atoms with Gasteiger partial charge in [0.15, 0.2) is 0 Å². The highest BCUT2D eigenvalue weighted by molar-refractivity contribution is 5.85. The van der Waals surface area contributed by atoms with Gasteiger partial charge in [-0.25, -0.2) is 0 Å². The van der Waals surface area contributed by atoms with Crippen LogP contribution in [0.4, 0.5) is 5.69 Å². The maximum Gasteiger partial charge on any atom is 0.0449 e. The normalized spacial score (nSPS) is 11.8. The van der Waals surface area contributed by atoms with Crippen LogP contribution in [-0.4, -0.2) is 24.8 Å². The summed E-state index contributed by atoms with van der Waals surface area (Å²) < 4.78 is 0. The number of hydrogen-bond donors (Lipinski definition) is 2. The summed E-state index contributed by atoms with van der Waals surface area (Å²) in [4.78, 5) is 2.29. The predicted molar refractivity (Wildman–Crippen MR) is 75.9 cm³/mol. The molecular weight excluding hydrogens is 236 g/mol. The van der Waals surface area contributed by atoms with Crippen LogP contribution in [0.15, 0.2) is 24.3 Å². The van der Waals surface area contributed by atoms with E-state index in [-0.39, 0.29) is 25.1 Å². The summed E-state index contributed by atoms with van der Waals surface area (Å²) in [6, 6.07) is 8.23. The molecule has 0 saturated heterocycles. The second-order valence-corrected chi connectivity index (χ2v) is 3.88. The van der Waals surface area contributed by atoms with Gasteiger partial charge in [0, 0.05) is 31.4 Å². The fourth-order valence-electron chi connectivity index (χ4n) is 1.83. The predicted octanol–water partition coefficient (Wildman–Crippen LogP) is 2.34. The number of nitrogens with zero attached hydrogens (tertiary/aromatic N) is 1. The van der Waals surface area contributed by atoms with E-state index in [9.17, 15) is 0 Å². The molecule has 4 heteroatoms. The van der Waals surface area contributed by atoms with Crippen molar-refractivity contribution in [3.8, 4) is 0 Å². The standard InChI is InChI=1S/C13H22N2O.ClH/c1-3-15(4-2)12-7-5-11(6-8-12)13(14)9-10-16;/h5-8,13,16H,3-4,9-10,14H2,1-2H3;1H/t13-;/m0./s1. The molecule has 1 aromatic rings. The van der Waals surface area contributed by atoms with Gasteiger partial charge in [0.25, 0.3) is 0 Å². The van der Waals surface area contributed by atoms with E-state index in [1.165, 1.54) is 5.69 Å². The van der Waals surface area contributed by atoms with Gasteiger partial charge in [0.1, 0.15) is 0 Å². The van der Waals surface area contributed by atoms with E-state index in [2.05, 4.69) is 30.9 Å². The second-order valence-electron chi connectivity index (χ2n) is 3.88. The average Bonchev–Trinajstić information content (AvgIpc) is 2.32. The Bertz CT molecular complexity index is 299. The molecule has 0 unspecified atom stereocenters. The molecule has 0 bridgehead atoms. The minimum Gasteiger partial charge on any atom is -0.396 e. The first kappa shape index (κ1) is 16.2. The van der Waals surface area contributed by atoms with Gasteiger partial charge in [-0.2, -0.15) is 0 Å². The smallest absolute Gasteiger partial charge is 0.0449 e. The Morgan fingerprint density at radius 1 is 1.18 bits per heavy atom. The maximum atomic E-state index is 8.83. The van der Waals surface area contributed by atoms with Gasteiger partial charge in [0.2, 0.25) is 0 Å². The van der Waals surface area contributed by atoms with Gasteiger partial charge in [-0.1, -0.05) is 12.1 Å². The van der Waals surface area contributed by atoms with E-state index in [0.717, 1.165) is 18.7 Å². The first-order chi connectivity index (χ1) is 7.72. The minimum absolute atomic E-state index is 0. The number of benzene rings is 1. The summed E-state index contributed by atoms with van der Waals surface area (Å²) in [7, 11) is 0. The lowest BCUT2D eigenvalue weighted by Gasteiger charge is -2.21. The fourth-order valence-corrected chi connectivity index (χ4v) is 1.83. The number of halogens is 1. The number of hydrogen-bond acceptors (Lipinski definition) is 3. The van der Waals surface area contributed by atoms with Crippen molar-refractivity contribution in [3.63, 3.8) is 0 Å². The number of rotatable bonds is 6. The Morgan fingerprint density at radius 3 is 2.12 bits per heavy atom. The molecule has 17 heavy (non-hydrogen) atoms. The molecule has 1 atom stereocenters. The molecular formula is C13H23ClN2O. The lowest BCUT2D eigenvalue weighted by molar-refractivity contribution is 0.276. The zero-order valence-corrected chi connectivity index (χ0v) is 11.4. The molecule has 1 aromatic carbocycles. The van der Waals surface area contributed by atoms with Gasteiger partial charge in [-0.15, -0.1) is 12.4 Å². The van der Waals surface area contributed by atoms with Crippen molar-refractivity contribution in [1.82, 2.24) is 0 Å². The molecule has 0 heterocycles. The van der Waals surface area contributed by atoms with Gasteiger partial charge in [0.05, 0.1) is 0 Å². The van der Waals surface area contributed by atoms with E-state index in [1.807, 2.05) is 12.1 Å². The molecule has 0 saturated carbocycles. The van der Waals surface area contributed by atoms with Crippen LogP contribution in [0.5, 0.6) is 0 Å². The van der Waals surface area contributed by atoms with Crippen LogP contribution < -0.4 is 10.6 Å². The van der Waals surface area contributed by atoms with Crippen LogP contribution in [0.25, 0.3) is 0 Å². The van der Waals surface area contributed by atoms with E-state index >= 15 is 0 Å². The maximum absolute atomic E-state index is 8.83. The molecule has 3 N–H and O–H groups in total. The summed E-state index contributed by atoms with van der Waals surface area (Å²) in [5.41, 5.74) is 8.24. The van der Waals surface area contributed by atoms with Crippen molar-refractivity contribution in [2.75, 3.05) is 24.6 Å². The van der Waals surface area contributed by atoms with Crippen molar-refractivity contribution in [3.05, 3.63) is 29.8 Å². The molecule has 0 amide bonds. The summed E-state index contributed by atoms with van der Waals surface area (Å²) in [5.74, 6) is 0. The number of aliphatic hydroxyl groups excluding tert-OH is 1. The molecule has 0 aliphatic carbocycles. The average molecular weight is 259 g/mol. The Hall–Kier alpha value is -0.770. The van der Waals surface area contributed by atoms with Crippen LogP contribution in [0.3, 0.4) is 0 Å². The molecule has 0 aliphatic rings. The van der Waals surface area contributed by atoms with E-state index < -0.39 is 0 Å². The topological polar surface area (TPSA) is 49.5 Å². The van der Waals surface area contributed by atoms with Gasteiger partial charge in [-0.05, 0) is 38.0 Å². The SMILES string of the molecule is CCN(CC)c1ccc([C@@H](N)CCO)cc1.Cl. The van der Waals surface area contributed by atoms with Crippen LogP contribution >= 0.6 is 12.4 Å². The van der Waals surface area contributed by atoms with Crippen LogP contribution in [0.1, 0.15) is 31.9 Å². The summed E-state index contributed by atoms with van der Waals surface area (Å²) in [5, 5.41) is 8.83. The molecule has 0 aliphatic heterocycles. The molecule has 0 aromatic heterocycles. The highest BCUT2D eigenvalue weighted by Crippen LogP contribution is 2.19. The summed E-state index contributed by atoms with van der Waals surface area (Å²) >= 11 is 0. The van der Waals surface area contributed by atoms with Gasteiger partial charge in [-0.3, -0.25) is 0 Å². The molecule has 0 spiro atoms. The minimum atomic E-state index is -0.0595. The third-order valence-corrected chi connectivity index (χ3v) is 2.89. The largest absolute Gasteiger partial charge is 0.396 e. The van der Waals surface area contributed by atoms with Crippen LogP contribution in [0.2, 0.25) is 0 Å². The van der Waals surface area contributed by atoms with Gasteiger partial charge < -0.3 is 15.7 Å². The third kappa shape index (κ3) is 4.54. The van der Waals surface area contributed by atoms with Crippen LogP contribution in [0, 0.1) is 0 Å². The number of aliphatic hydroxyl groups is 1. The quantitative estimate of drug-likeness (QED) is 0.824. The number of nitrogens with two attached hydrogens (primary N) is 1. The van der Waals surface area contributed by atoms with Crippen molar-refractivity contribution in [1.29, 1.82) is 0 Å². The van der Waals surface area contributed by atoms with Crippen molar-refractivity contribution in [2.45, 2.75) is 26.3 Å². The highest BCUT2D eigenvalue weighted by atomic mass is 35.5. The Morgan fingerprint density at radius 2 is 1.71 bits per heavy atom. The Kier molecular flexibility index (Phi) is 7.96. The fraction of sp³-hybridized carbons (Fsp3) is 0.538. The number of anilines is 1. The van der Waals surface area contributed by atoms with Gasteiger partial charge >= 0.3 is 0 Å². The first-order valence-corrected chi connectivity index (χ1v) is 5.94. The first-order valence-electron chi connectivity index (χ1n) is 5.94. The van der Waals surface area contributed by atoms with E-state index in [1.54, 1.807) is 0 Å². The monoisotopic (exact) mass is 258 g/mol. The highest BCUT2D eigenvalue weighted by Gasteiger charge is 2.06. The van der Waals surface area contributed by atoms with Crippen molar-refractivity contribution < 1.29 is 5.11 Å². The molecule has 1 rings (SSSR count). The van der Waals surface area contributed by atoms with Crippen molar-refractivity contribution in [2.24, 2.45) is 5.73 Å². The molecule has 0 radical (unpaired) electrons. The summed E-state index contributed by atoms with van der Waals surface area (Å²) in [6.07, 6.45) is 0.616. The zero-order valence-electron chi connectivity index (χ0n) is 10.6. The Labute approximate surface area is 110 Å². The summed E-state index contributed by atoms with van der Waals surface area (Å²) in [6.45, 7) is 6.46. The van der Waals surface area contributed by atoms with Crippen LogP contribution in [-0.2, 0) is 0 Å². The lowest BCUT2D eigenvalue weighted by atomic mass is 10.0.